The lowest BCUT2D eigenvalue weighted by atomic mass is 9.79. The Labute approximate surface area is 119 Å². The first-order chi connectivity index (χ1) is 9.56. The fourth-order valence-electron chi connectivity index (χ4n) is 3.25. The first-order valence-electron chi connectivity index (χ1n) is 7.35. The Hall–Kier alpha value is -1.14. The summed E-state index contributed by atoms with van der Waals surface area (Å²) < 4.78 is 5.16. The predicted molar refractivity (Wildman–Crippen MR) is 73.4 cm³/mol. The van der Waals surface area contributed by atoms with Crippen LogP contribution >= 0.6 is 0 Å². The van der Waals surface area contributed by atoms with Gasteiger partial charge < -0.3 is 20.5 Å². The number of hydrogen-bond acceptors (Lipinski definition) is 4. The van der Waals surface area contributed by atoms with E-state index >= 15 is 0 Å². The van der Waals surface area contributed by atoms with E-state index in [9.17, 15) is 9.59 Å². The molecule has 6 nitrogen and oxygen atoms in total. The van der Waals surface area contributed by atoms with Crippen LogP contribution in [0.15, 0.2) is 0 Å². The number of hydrogen-bond donors (Lipinski definition) is 3. The summed E-state index contributed by atoms with van der Waals surface area (Å²) in [4.78, 5) is 23.3. The number of aliphatic carboxylic acids is 1. The zero-order chi connectivity index (χ0) is 14.6. The normalized spacial score (nSPS) is 29.1. The lowest BCUT2D eigenvalue weighted by molar-refractivity contribution is -0.142. The average Bonchev–Trinajstić information content (AvgIpc) is 2.88. The summed E-state index contributed by atoms with van der Waals surface area (Å²) in [6.07, 6.45) is 5.91. The van der Waals surface area contributed by atoms with Crippen LogP contribution in [0.1, 0.15) is 38.5 Å². The number of carbonyl (C=O) groups excluding carboxylic acids is 1. The molecule has 20 heavy (non-hydrogen) atoms. The lowest BCUT2D eigenvalue weighted by Crippen LogP contribution is -2.51. The maximum absolute atomic E-state index is 12.2. The third-order valence-electron chi connectivity index (χ3n) is 4.58. The Morgan fingerprint density at radius 3 is 2.55 bits per heavy atom. The van der Waals surface area contributed by atoms with Gasteiger partial charge in [-0.3, -0.25) is 9.59 Å². The van der Waals surface area contributed by atoms with Crippen LogP contribution in [0.25, 0.3) is 0 Å². The molecule has 2 atom stereocenters. The lowest BCUT2D eigenvalue weighted by Gasteiger charge is -2.37. The van der Waals surface area contributed by atoms with E-state index in [0.29, 0.717) is 6.42 Å². The van der Waals surface area contributed by atoms with Gasteiger partial charge in [0, 0.05) is 12.0 Å². The molecule has 0 aromatic rings. The third-order valence-corrected chi connectivity index (χ3v) is 4.58. The predicted octanol–water partition coefficient (Wildman–Crippen LogP) is 0.515. The van der Waals surface area contributed by atoms with Crippen molar-refractivity contribution in [2.24, 2.45) is 5.92 Å². The Kier molecular flexibility index (Phi) is 4.99. The van der Waals surface area contributed by atoms with E-state index in [0.717, 1.165) is 25.7 Å². The minimum Gasteiger partial charge on any atom is -0.481 e. The van der Waals surface area contributed by atoms with E-state index in [1.54, 1.807) is 0 Å². The maximum Gasteiger partial charge on any atom is 0.311 e. The molecular formula is C14H24N2O4. The van der Waals surface area contributed by atoms with Crippen LogP contribution in [0.5, 0.6) is 0 Å². The van der Waals surface area contributed by atoms with Gasteiger partial charge in [0.1, 0.15) is 5.92 Å². The molecule has 1 saturated heterocycles. The smallest absolute Gasteiger partial charge is 0.311 e. The molecule has 0 aromatic heterocycles. The van der Waals surface area contributed by atoms with Crippen molar-refractivity contribution in [2.45, 2.75) is 50.1 Å². The maximum atomic E-state index is 12.2. The van der Waals surface area contributed by atoms with E-state index in [-0.39, 0.29) is 24.7 Å². The van der Waals surface area contributed by atoms with Crippen LogP contribution in [-0.2, 0) is 14.3 Å². The Morgan fingerprint density at radius 1 is 1.25 bits per heavy atom. The van der Waals surface area contributed by atoms with Crippen molar-refractivity contribution in [3.8, 4) is 0 Å². The fraction of sp³-hybridized carbons (Fsp3) is 0.857. The summed E-state index contributed by atoms with van der Waals surface area (Å²) in [5.41, 5.74) is -0.124. The summed E-state index contributed by atoms with van der Waals surface area (Å²) in [7, 11) is 1.90. The summed E-state index contributed by atoms with van der Waals surface area (Å²) in [6, 6.07) is -0.405. The van der Waals surface area contributed by atoms with E-state index in [1.165, 1.54) is 6.42 Å². The van der Waals surface area contributed by atoms with Gasteiger partial charge in [-0.25, -0.2) is 0 Å². The number of ether oxygens (including phenoxy) is 1. The fourth-order valence-corrected chi connectivity index (χ4v) is 3.25. The van der Waals surface area contributed by atoms with Crippen molar-refractivity contribution in [2.75, 3.05) is 20.3 Å². The summed E-state index contributed by atoms with van der Waals surface area (Å²) in [5, 5.41) is 15.2. The highest BCUT2D eigenvalue weighted by atomic mass is 16.5. The van der Waals surface area contributed by atoms with Crippen LogP contribution < -0.4 is 10.6 Å². The second-order valence-electron chi connectivity index (χ2n) is 5.92. The van der Waals surface area contributed by atoms with Crippen molar-refractivity contribution in [1.29, 1.82) is 0 Å². The Morgan fingerprint density at radius 2 is 1.95 bits per heavy atom. The molecule has 0 bridgehead atoms. The van der Waals surface area contributed by atoms with Crippen molar-refractivity contribution in [1.82, 2.24) is 10.6 Å². The van der Waals surface area contributed by atoms with Gasteiger partial charge in [-0.05, 0) is 19.9 Å². The minimum absolute atomic E-state index is 0.0806. The van der Waals surface area contributed by atoms with Gasteiger partial charge in [0.05, 0.1) is 19.3 Å². The van der Waals surface area contributed by atoms with Crippen LogP contribution in [0.3, 0.4) is 0 Å². The molecule has 1 saturated carbocycles. The molecule has 3 N–H and O–H groups in total. The quantitative estimate of drug-likeness (QED) is 0.685. The van der Waals surface area contributed by atoms with Crippen molar-refractivity contribution in [3.63, 3.8) is 0 Å². The number of rotatable bonds is 5. The molecule has 6 heteroatoms. The van der Waals surface area contributed by atoms with Gasteiger partial charge in [0.15, 0.2) is 0 Å². The van der Waals surface area contributed by atoms with Crippen molar-refractivity contribution in [3.05, 3.63) is 0 Å². The Balaban J connectivity index is 1.89. The molecule has 2 unspecified atom stereocenters. The van der Waals surface area contributed by atoms with E-state index in [4.69, 9.17) is 9.84 Å². The SMILES string of the molecule is CNC1(CC(=O)NC2COCC2C(=O)O)CCCCC1. The number of amides is 1. The molecule has 2 rings (SSSR count). The molecule has 114 valence electrons. The summed E-state index contributed by atoms with van der Waals surface area (Å²) >= 11 is 0. The molecule has 1 heterocycles. The van der Waals surface area contributed by atoms with Gasteiger partial charge >= 0.3 is 5.97 Å². The molecule has 1 aliphatic heterocycles. The molecule has 1 amide bonds. The molecule has 0 radical (unpaired) electrons. The summed E-state index contributed by atoms with van der Waals surface area (Å²) in [6.45, 7) is 0.465. The van der Waals surface area contributed by atoms with Crippen molar-refractivity contribution >= 4 is 11.9 Å². The van der Waals surface area contributed by atoms with Crippen molar-refractivity contribution < 1.29 is 19.4 Å². The van der Waals surface area contributed by atoms with Gasteiger partial charge in [-0.1, -0.05) is 19.3 Å². The third kappa shape index (κ3) is 3.49. The first-order valence-corrected chi connectivity index (χ1v) is 7.35. The van der Waals surface area contributed by atoms with E-state index in [1.807, 2.05) is 7.05 Å². The second kappa shape index (κ2) is 6.54. The minimum atomic E-state index is -0.909. The number of carboxylic acid groups (broad SMARTS) is 1. The number of carbonyl (C=O) groups is 2. The molecule has 0 spiro atoms. The zero-order valence-corrected chi connectivity index (χ0v) is 12.0. The van der Waals surface area contributed by atoms with Gasteiger partial charge in [-0.2, -0.15) is 0 Å². The molecule has 2 fully saturated rings. The largest absolute Gasteiger partial charge is 0.481 e. The molecule has 1 aliphatic carbocycles. The van der Waals surface area contributed by atoms with Gasteiger partial charge in [0.2, 0.25) is 5.91 Å². The van der Waals surface area contributed by atoms with Crippen LogP contribution in [-0.4, -0.2) is 48.8 Å². The molecule has 0 aromatic carbocycles. The topological polar surface area (TPSA) is 87.7 Å². The zero-order valence-electron chi connectivity index (χ0n) is 12.0. The Bertz CT molecular complexity index is 366. The summed E-state index contributed by atoms with van der Waals surface area (Å²) in [5.74, 6) is -1.62. The van der Waals surface area contributed by atoms with Crippen LogP contribution in [0.4, 0.5) is 0 Å². The highest BCUT2D eigenvalue weighted by molar-refractivity contribution is 5.79. The van der Waals surface area contributed by atoms with E-state index < -0.39 is 17.9 Å². The highest BCUT2D eigenvalue weighted by Gasteiger charge is 2.37. The van der Waals surface area contributed by atoms with Gasteiger partial charge in [0.25, 0.3) is 0 Å². The van der Waals surface area contributed by atoms with Crippen LogP contribution in [0, 0.1) is 5.92 Å². The first kappa shape index (κ1) is 15.3. The average molecular weight is 284 g/mol. The van der Waals surface area contributed by atoms with Gasteiger partial charge in [-0.15, -0.1) is 0 Å². The molecular weight excluding hydrogens is 260 g/mol. The van der Waals surface area contributed by atoms with E-state index in [2.05, 4.69) is 10.6 Å². The molecule has 2 aliphatic rings. The number of carboxylic acids is 1. The van der Waals surface area contributed by atoms with Crippen LogP contribution in [0.2, 0.25) is 0 Å². The monoisotopic (exact) mass is 284 g/mol. The standard InChI is InChI=1S/C14H24N2O4/c1-15-14(5-3-2-4-6-14)7-12(17)16-11-9-20-8-10(11)13(18)19/h10-11,15H,2-9H2,1H3,(H,16,17)(H,18,19). The second-order valence-corrected chi connectivity index (χ2v) is 5.92. The number of nitrogens with one attached hydrogen (secondary N) is 2. The highest BCUT2D eigenvalue weighted by Crippen LogP contribution is 2.30.